The van der Waals surface area contributed by atoms with E-state index in [4.69, 9.17) is 14.2 Å². The Labute approximate surface area is 99.7 Å². The Morgan fingerprint density at radius 3 is 3.00 bits per heavy atom. The Hall–Kier alpha value is -1.75. The molecular formula is C12H15NO4. The first-order valence-electron chi connectivity index (χ1n) is 5.38. The van der Waals surface area contributed by atoms with Crippen molar-refractivity contribution in [2.45, 2.75) is 13.0 Å². The zero-order valence-electron chi connectivity index (χ0n) is 9.86. The van der Waals surface area contributed by atoms with Crippen LogP contribution in [0.25, 0.3) is 0 Å². The molecule has 0 radical (unpaired) electrons. The summed E-state index contributed by atoms with van der Waals surface area (Å²) in [5.41, 5.74) is 0.971. The number of fused-ring (bicyclic) bond motifs is 1. The number of nitrogens with one attached hydrogen (secondary N) is 1. The lowest BCUT2D eigenvalue weighted by molar-refractivity contribution is -0.125. The minimum absolute atomic E-state index is 0.0644. The van der Waals surface area contributed by atoms with Crippen LogP contribution in [-0.4, -0.2) is 26.4 Å². The van der Waals surface area contributed by atoms with E-state index in [1.165, 1.54) is 7.11 Å². The van der Waals surface area contributed by atoms with Gasteiger partial charge in [0.05, 0.1) is 6.04 Å². The van der Waals surface area contributed by atoms with Crippen molar-refractivity contribution in [2.75, 3.05) is 20.5 Å². The van der Waals surface area contributed by atoms with Crippen molar-refractivity contribution >= 4 is 5.91 Å². The molecule has 0 aromatic heterocycles. The molecule has 1 aromatic carbocycles. The highest BCUT2D eigenvalue weighted by atomic mass is 16.7. The van der Waals surface area contributed by atoms with Gasteiger partial charge in [0.15, 0.2) is 11.5 Å². The molecule has 1 amide bonds. The first kappa shape index (κ1) is 11.7. The van der Waals surface area contributed by atoms with Gasteiger partial charge in [-0.25, -0.2) is 0 Å². The normalized spacial score (nSPS) is 14.5. The molecule has 0 saturated heterocycles. The van der Waals surface area contributed by atoms with Crippen LogP contribution in [-0.2, 0) is 9.53 Å². The number of benzene rings is 1. The standard InChI is InChI=1S/C12H15NO4/c1-8(13-12(14)6-15-2)9-3-4-10-11(5-9)17-7-16-10/h3-5,8H,6-7H2,1-2H3,(H,13,14)/t8-/m0/s1. The topological polar surface area (TPSA) is 56.8 Å². The first-order chi connectivity index (χ1) is 8.20. The summed E-state index contributed by atoms with van der Waals surface area (Å²) in [4.78, 5) is 11.4. The average Bonchev–Trinajstić information content (AvgIpc) is 2.75. The third-order valence-electron chi connectivity index (χ3n) is 2.55. The summed E-state index contributed by atoms with van der Waals surface area (Å²) in [6, 6.07) is 5.54. The zero-order valence-corrected chi connectivity index (χ0v) is 9.86. The molecular weight excluding hydrogens is 222 g/mol. The van der Waals surface area contributed by atoms with Crippen LogP contribution in [0.1, 0.15) is 18.5 Å². The maximum Gasteiger partial charge on any atom is 0.246 e. The van der Waals surface area contributed by atoms with Gasteiger partial charge >= 0.3 is 0 Å². The van der Waals surface area contributed by atoms with E-state index in [9.17, 15) is 4.79 Å². The lowest BCUT2D eigenvalue weighted by atomic mass is 10.1. The van der Waals surface area contributed by atoms with E-state index in [2.05, 4.69) is 5.32 Å². The molecule has 1 N–H and O–H groups in total. The minimum Gasteiger partial charge on any atom is -0.454 e. The maximum absolute atomic E-state index is 11.4. The van der Waals surface area contributed by atoms with Gasteiger partial charge in [0.1, 0.15) is 6.61 Å². The Morgan fingerprint density at radius 2 is 2.24 bits per heavy atom. The summed E-state index contributed by atoms with van der Waals surface area (Å²) in [5.74, 6) is 1.32. The molecule has 17 heavy (non-hydrogen) atoms. The Balaban J connectivity index is 2.04. The third kappa shape index (κ3) is 2.68. The second-order valence-corrected chi connectivity index (χ2v) is 3.83. The maximum atomic E-state index is 11.4. The van der Waals surface area contributed by atoms with Crippen LogP contribution in [0.2, 0.25) is 0 Å². The number of rotatable bonds is 4. The van der Waals surface area contributed by atoms with Crippen molar-refractivity contribution in [2.24, 2.45) is 0 Å². The summed E-state index contributed by atoms with van der Waals surface area (Å²) in [6.07, 6.45) is 0. The lowest BCUT2D eigenvalue weighted by Crippen LogP contribution is -2.29. The predicted molar refractivity (Wildman–Crippen MR) is 61.0 cm³/mol. The summed E-state index contributed by atoms with van der Waals surface area (Å²) in [5, 5.41) is 2.83. The molecule has 0 fully saturated rings. The molecule has 0 saturated carbocycles. The number of ether oxygens (including phenoxy) is 3. The molecule has 1 aromatic rings. The van der Waals surface area contributed by atoms with E-state index in [1.807, 2.05) is 25.1 Å². The van der Waals surface area contributed by atoms with Crippen LogP contribution in [0.5, 0.6) is 11.5 Å². The number of methoxy groups -OCH3 is 1. The fourth-order valence-corrected chi connectivity index (χ4v) is 1.68. The first-order valence-corrected chi connectivity index (χ1v) is 5.38. The number of hydrogen-bond donors (Lipinski definition) is 1. The summed E-state index contributed by atoms with van der Waals surface area (Å²) in [7, 11) is 1.49. The van der Waals surface area contributed by atoms with Gasteiger partial charge in [-0.1, -0.05) is 6.07 Å². The van der Waals surface area contributed by atoms with Gasteiger partial charge in [-0.05, 0) is 24.6 Å². The van der Waals surface area contributed by atoms with Crippen molar-refractivity contribution in [1.29, 1.82) is 0 Å². The monoisotopic (exact) mass is 237 g/mol. The van der Waals surface area contributed by atoms with Gasteiger partial charge in [-0.15, -0.1) is 0 Å². The summed E-state index contributed by atoms with van der Waals surface area (Å²) >= 11 is 0. The molecule has 0 unspecified atom stereocenters. The van der Waals surface area contributed by atoms with Gasteiger partial charge in [0.25, 0.3) is 0 Å². The molecule has 0 aliphatic carbocycles. The zero-order chi connectivity index (χ0) is 12.3. The molecule has 1 heterocycles. The van der Waals surface area contributed by atoms with Gasteiger partial charge < -0.3 is 19.5 Å². The van der Waals surface area contributed by atoms with Crippen molar-refractivity contribution in [3.8, 4) is 11.5 Å². The Morgan fingerprint density at radius 1 is 1.47 bits per heavy atom. The number of carbonyl (C=O) groups is 1. The van der Waals surface area contributed by atoms with E-state index in [1.54, 1.807) is 0 Å². The van der Waals surface area contributed by atoms with E-state index < -0.39 is 0 Å². The van der Waals surface area contributed by atoms with Crippen LogP contribution in [0.3, 0.4) is 0 Å². The van der Waals surface area contributed by atoms with Crippen LogP contribution in [0.15, 0.2) is 18.2 Å². The molecule has 2 rings (SSSR count). The average molecular weight is 237 g/mol. The Bertz CT molecular complexity index is 419. The lowest BCUT2D eigenvalue weighted by Gasteiger charge is -2.14. The van der Waals surface area contributed by atoms with Crippen molar-refractivity contribution in [1.82, 2.24) is 5.32 Å². The highest BCUT2D eigenvalue weighted by Crippen LogP contribution is 2.34. The SMILES string of the molecule is COCC(=O)N[C@@H](C)c1ccc2c(c1)OCO2. The van der Waals surface area contributed by atoms with Gasteiger partial charge in [-0.3, -0.25) is 4.79 Å². The van der Waals surface area contributed by atoms with Crippen molar-refractivity contribution in [3.63, 3.8) is 0 Å². The largest absolute Gasteiger partial charge is 0.454 e. The van der Waals surface area contributed by atoms with Gasteiger partial charge in [0.2, 0.25) is 12.7 Å². The molecule has 5 heteroatoms. The molecule has 5 nitrogen and oxygen atoms in total. The van der Waals surface area contributed by atoms with Crippen molar-refractivity contribution in [3.05, 3.63) is 23.8 Å². The fourth-order valence-electron chi connectivity index (χ4n) is 1.68. The number of amides is 1. The van der Waals surface area contributed by atoms with Crippen LogP contribution >= 0.6 is 0 Å². The van der Waals surface area contributed by atoms with E-state index in [0.717, 1.165) is 17.1 Å². The van der Waals surface area contributed by atoms with Crippen LogP contribution < -0.4 is 14.8 Å². The van der Waals surface area contributed by atoms with E-state index in [0.29, 0.717) is 0 Å². The molecule has 92 valence electrons. The second kappa shape index (κ2) is 5.05. The molecule has 1 aliphatic heterocycles. The predicted octanol–water partition coefficient (Wildman–Crippen LogP) is 1.24. The smallest absolute Gasteiger partial charge is 0.246 e. The number of hydrogen-bond acceptors (Lipinski definition) is 4. The fraction of sp³-hybridized carbons (Fsp3) is 0.417. The molecule has 0 bridgehead atoms. The van der Waals surface area contributed by atoms with Gasteiger partial charge in [-0.2, -0.15) is 0 Å². The van der Waals surface area contributed by atoms with E-state index >= 15 is 0 Å². The third-order valence-corrected chi connectivity index (χ3v) is 2.55. The van der Waals surface area contributed by atoms with E-state index in [-0.39, 0.29) is 25.3 Å². The second-order valence-electron chi connectivity index (χ2n) is 3.83. The molecule has 1 atom stereocenters. The van der Waals surface area contributed by atoms with Crippen LogP contribution in [0, 0.1) is 0 Å². The Kier molecular flexibility index (Phi) is 3.49. The summed E-state index contributed by atoms with van der Waals surface area (Å²) in [6.45, 7) is 2.23. The van der Waals surface area contributed by atoms with Gasteiger partial charge in [0, 0.05) is 7.11 Å². The highest BCUT2D eigenvalue weighted by molar-refractivity contribution is 5.77. The highest BCUT2D eigenvalue weighted by Gasteiger charge is 2.16. The number of carbonyl (C=O) groups excluding carboxylic acids is 1. The van der Waals surface area contributed by atoms with Crippen molar-refractivity contribution < 1.29 is 19.0 Å². The molecule has 0 spiro atoms. The quantitative estimate of drug-likeness (QED) is 0.856. The molecule has 1 aliphatic rings. The minimum atomic E-state index is -0.141. The summed E-state index contributed by atoms with van der Waals surface area (Å²) < 4.78 is 15.3. The van der Waals surface area contributed by atoms with Crippen LogP contribution in [0.4, 0.5) is 0 Å².